The van der Waals surface area contributed by atoms with E-state index in [1.165, 1.54) is 25.7 Å². The van der Waals surface area contributed by atoms with E-state index in [1.54, 1.807) is 6.92 Å². The van der Waals surface area contributed by atoms with Crippen molar-refractivity contribution in [3.05, 3.63) is 0 Å². The van der Waals surface area contributed by atoms with Crippen LogP contribution in [-0.4, -0.2) is 11.9 Å². The van der Waals surface area contributed by atoms with Crippen molar-refractivity contribution in [2.24, 2.45) is 11.8 Å². The molecule has 3 atom stereocenters. The average molecular weight is 208 g/mol. The van der Waals surface area contributed by atoms with E-state index in [-0.39, 0.29) is 11.9 Å². The summed E-state index contributed by atoms with van der Waals surface area (Å²) in [6, 6.07) is 2.25. The molecule has 1 fully saturated rings. The Morgan fingerprint density at radius 1 is 1.40 bits per heavy atom. The topological polar surface area (TPSA) is 52.9 Å². The second-order valence-electron chi connectivity index (χ2n) is 4.58. The molecule has 0 aliphatic heterocycles. The van der Waals surface area contributed by atoms with Crippen LogP contribution in [0, 0.1) is 23.2 Å². The predicted molar refractivity (Wildman–Crippen MR) is 59.0 cm³/mol. The highest BCUT2D eigenvalue weighted by atomic mass is 16.1. The number of nitriles is 1. The summed E-state index contributed by atoms with van der Waals surface area (Å²) in [7, 11) is 0. The summed E-state index contributed by atoms with van der Waals surface area (Å²) in [4.78, 5) is 11.6. The smallest absolute Gasteiger partial charge is 0.237 e. The molecule has 3 nitrogen and oxygen atoms in total. The lowest BCUT2D eigenvalue weighted by atomic mass is 9.96. The molecule has 1 aliphatic carbocycles. The van der Waals surface area contributed by atoms with Crippen molar-refractivity contribution in [3.63, 3.8) is 0 Å². The van der Waals surface area contributed by atoms with Gasteiger partial charge in [0.1, 0.15) is 5.92 Å². The molecule has 1 amide bonds. The molecular formula is C12H20N2O. The Kier molecular flexibility index (Phi) is 4.61. The SMILES string of the molecule is CC(C#N)C(=O)NC1CCCCCC1C. The first kappa shape index (κ1) is 12.0. The van der Waals surface area contributed by atoms with Crippen LogP contribution in [0.5, 0.6) is 0 Å². The molecule has 1 aliphatic rings. The highest BCUT2D eigenvalue weighted by molar-refractivity contribution is 5.80. The van der Waals surface area contributed by atoms with Gasteiger partial charge in [-0.15, -0.1) is 0 Å². The van der Waals surface area contributed by atoms with Gasteiger partial charge in [-0.1, -0.05) is 26.2 Å². The maximum atomic E-state index is 11.6. The molecule has 0 radical (unpaired) electrons. The van der Waals surface area contributed by atoms with Gasteiger partial charge in [0.15, 0.2) is 0 Å². The molecular weight excluding hydrogens is 188 g/mol. The van der Waals surface area contributed by atoms with Gasteiger partial charge in [-0.3, -0.25) is 4.79 Å². The molecule has 0 aromatic rings. The van der Waals surface area contributed by atoms with Crippen LogP contribution in [0.15, 0.2) is 0 Å². The van der Waals surface area contributed by atoms with E-state index in [4.69, 9.17) is 5.26 Å². The number of rotatable bonds is 2. The van der Waals surface area contributed by atoms with Crippen LogP contribution in [-0.2, 0) is 4.79 Å². The van der Waals surface area contributed by atoms with Gasteiger partial charge < -0.3 is 5.32 Å². The van der Waals surface area contributed by atoms with Crippen LogP contribution < -0.4 is 5.32 Å². The number of carbonyl (C=O) groups is 1. The Morgan fingerprint density at radius 3 is 2.73 bits per heavy atom. The minimum Gasteiger partial charge on any atom is -0.352 e. The molecule has 0 aromatic heterocycles. The summed E-state index contributed by atoms with van der Waals surface area (Å²) < 4.78 is 0. The second-order valence-corrected chi connectivity index (χ2v) is 4.58. The average Bonchev–Trinajstić information content (AvgIpc) is 2.43. The first-order chi connectivity index (χ1) is 7.15. The monoisotopic (exact) mass is 208 g/mol. The maximum absolute atomic E-state index is 11.6. The fourth-order valence-electron chi connectivity index (χ4n) is 2.07. The zero-order chi connectivity index (χ0) is 11.3. The second kappa shape index (κ2) is 5.75. The lowest BCUT2D eigenvalue weighted by Gasteiger charge is -2.23. The van der Waals surface area contributed by atoms with E-state index in [0.717, 1.165) is 6.42 Å². The van der Waals surface area contributed by atoms with Gasteiger partial charge in [-0.25, -0.2) is 0 Å². The van der Waals surface area contributed by atoms with Crippen molar-refractivity contribution >= 4 is 5.91 Å². The molecule has 3 heteroatoms. The Hall–Kier alpha value is -1.04. The number of nitrogens with one attached hydrogen (secondary N) is 1. The summed E-state index contributed by atoms with van der Waals surface area (Å²) >= 11 is 0. The van der Waals surface area contributed by atoms with Gasteiger partial charge in [-0.05, 0) is 25.7 Å². The van der Waals surface area contributed by atoms with Crippen molar-refractivity contribution in [1.82, 2.24) is 5.32 Å². The zero-order valence-corrected chi connectivity index (χ0v) is 9.62. The third-order valence-corrected chi connectivity index (χ3v) is 3.28. The van der Waals surface area contributed by atoms with E-state index in [1.807, 2.05) is 6.07 Å². The van der Waals surface area contributed by atoms with E-state index >= 15 is 0 Å². The molecule has 15 heavy (non-hydrogen) atoms. The lowest BCUT2D eigenvalue weighted by molar-refractivity contribution is -0.124. The number of carbonyl (C=O) groups excluding carboxylic acids is 1. The van der Waals surface area contributed by atoms with Gasteiger partial charge in [0.2, 0.25) is 5.91 Å². The van der Waals surface area contributed by atoms with Crippen molar-refractivity contribution in [1.29, 1.82) is 5.26 Å². The van der Waals surface area contributed by atoms with Crippen molar-refractivity contribution in [2.75, 3.05) is 0 Å². The highest BCUT2D eigenvalue weighted by Crippen LogP contribution is 2.23. The fourth-order valence-corrected chi connectivity index (χ4v) is 2.07. The molecule has 1 rings (SSSR count). The summed E-state index contributed by atoms with van der Waals surface area (Å²) in [6.45, 7) is 3.84. The minimum absolute atomic E-state index is 0.115. The van der Waals surface area contributed by atoms with Crippen LogP contribution in [0.25, 0.3) is 0 Å². The Bertz CT molecular complexity index is 257. The van der Waals surface area contributed by atoms with E-state index in [2.05, 4.69) is 12.2 Å². The van der Waals surface area contributed by atoms with Gasteiger partial charge in [-0.2, -0.15) is 5.26 Å². The number of hydrogen-bond donors (Lipinski definition) is 1. The fraction of sp³-hybridized carbons (Fsp3) is 0.833. The molecule has 0 saturated heterocycles. The number of nitrogens with zero attached hydrogens (tertiary/aromatic N) is 1. The van der Waals surface area contributed by atoms with Crippen LogP contribution in [0.1, 0.15) is 46.0 Å². The van der Waals surface area contributed by atoms with Gasteiger partial charge in [0.25, 0.3) is 0 Å². The first-order valence-electron chi connectivity index (χ1n) is 5.85. The Balaban J connectivity index is 2.48. The van der Waals surface area contributed by atoms with Crippen molar-refractivity contribution < 1.29 is 4.79 Å². The molecule has 3 unspecified atom stereocenters. The molecule has 1 N–H and O–H groups in total. The predicted octanol–water partition coefficient (Wildman–Crippen LogP) is 2.23. The summed E-state index contributed by atoms with van der Waals surface area (Å²) in [6.07, 6.45) is 5.97. The number of hydrogen-bond acceptors (Lipinski definition) is 2. The molecule has 0 heterocycles. The molecule has 84 valence electrons. The Labute approximate surface area is 91.9 Å². The third-order valence-electron chi connectivity index (χ3n) is 3.28. The largest absolute Gasteiger partial charge is 0.352 e. The highest BCUT2D eigenvalue weighted by Gasteiger charge is 2.23. The minimum atomic E-state index is -0.527. The molecule has 0 aromatic carbocycles. The van der Waals surface area contributed by atoms with Crippen LogP contribution in [0.3, 0.4) is 0 Å². The lowest BCUT2D eigenvalue weighted by Crippen LogP contribution is -2.41. The summed E-state index contributed by atoms with van der Waals surface area (Å²) in [5, 5.41) is 11.6. The Morgan fingerprint density at radius 2 is 2.07 bits per heavy atom. The van der Waals surface area contributed by atoms with E-state index in [9.17, 15) is 4.79 Å². The van der Waals surface area contributed by atoms with Gasteiger partial charge >= 0.3 is 0 Å². The molecule has 0 bridgehead atoms. The van der Waals surface area contributed by atoms with Gasteiger partial charge in [0.05, 0.1) is 6.07 Å². The van der Waals surface area contributed by atoms with E-state index in [0.29, 0.717) is 5.92 Å². The maximum Gasteiger partial charge on any atom is 0.237 e. The normalized spacial score (nSPS) is 28.6. The first-order valence-corrected chi connectivity index (χ1v) is 5.85. The quantitative estimate of drug-likeness (QED) is 0.707. The summed E-state index contributed by atoms with van der Waals surface area (Å²) in [5.74, 6) is -0.0981. The van der Waals surface area contributed by atoms with E-state index < -0.39 is 5.92 Å². The van der Waals surface area contributed by atoms with Gasteiger partial charge in [0, 0.05) is 6.04 Å². The molecule has 1 saturated carbocycles. The van der Waals surface area contributed by atoms with Crippen LogP contribution in [0.4, 0.5) is 0 Å². The summed E-state index contributed by atoms with van der Waals surface area (Å²) in [5.41, 5.74) is 0. The molecule has 0 spiro atoms. The van der Waals surface area contributed by atoms with Crippen LogP contribution >= 0.6 is 0 Å². The zero-order valence-electron chi connectivity index (χ0n) is 9.62. The van der Waals surface area contributed by atoms with Crippen molar-refractivity contribution in [2.45, 2.75) is 52.0 Å². The van der Waals surface area contributed by atoms with Crippen LogP contribution in [0.2, 0.25) is 0 Å². The van der Waals surface area contributed by atoms with Crippen molar-refractivity contribution in [3.8, 4) is 6.07 Å². The standard InChI is InChI=1S/C12H20N2O/c1-9-6-4-3-5-7-11(9)14-12(15)10(2)8-13/h9-11H,3-7H2,1-2H3,(H,14,15). The third kappa shape index (κ3) is 3.54. The number of amides is 1.